The highest BCUT2D eigenvalue weighted by atomic mass is 32.1. The average molecular weight is 182 g/mol. The number of hydrogen-bond acceptors (Lipinski definition) is 2. The van der Waals surface area contributed by atoms with Gasteiger partial charge in [-0.3, -0.25) is 0 Å². The van der Waals surface area contributed by atoms with Crippen LogP contribution in [0.25, 0.3) is 0 Å². The molecule has 0 saturated carbocycles. The van der Waals surface area contributed by atoms with Gasteiger partial charge in [-0.05, 0) is 24.1 Å². The molecule has 1 aromatic rings. The van der Waals surface area contributed by atoms with E-state index in [1.54, 1.807) is 0 Å². The summed E-state index contributed by atoms with van der Waals surface area (Å²) in [5.41, 5.74) is 1.21. The minimum Gasteiger partial charge on any atom is -0.377 e. The molecule has 0 N–H and O–H groups in total. The van der Waals surface area contributed by atoms with Crippen LogP contribution in [0.15, 0.2) is 29.2 Å². The van der Waals surface area contributed by atoms with E-state index in [0.717, 1.165) is 17.9 Å². The second-order valence-corrected chi connectivity index (χ2v) is 3.24. The Morgan fingerprint density at radius 1 is 1.25 bits per heavy atom. The van der Waals surface area contributed by atoms with Crippen molar-refractivity contribution in [2.75, 3.05) is 6.61 Å². The molecule has 0 radical (unpaired) electrons. The lowest BCUT2D eigenvalue weighted by Crippen LogP contribution is -1.93. The third kappa shape index (κ3) is 3.28. The van der Waals surface area contributed by atoms with Gasteiger partial charge in [0.2, 0.25) is 0 Å². The maximum Gasteiger partial charge on any atom is 0.0716 e. The molecule has 0 aliphatic carbocycles. The summed E-state index contributed by atoms with van der Waals surface area (Å²) in [6.07, 6.45) is 1.07. The fourth-order valence-electron chi connectivity index (χ4n) is 0.927. The average Bonchev–Trinajstić information content (AvgIpc) is 2.09. The van der Waals surface area contributed by atoms with Crippen molar-refractivity contribution in [3.05, 3.63) is 29.8 Å². The Morgan fingerprint density at radius 2 is 1.92 bits per heavy atom. The molecule has 0 amide bonds. The number of ether oxygens (including phenoxy) is 1. The quantitative estimate of drug-likeness (QED) is 0.556. The zero-order valence-electron chi connectivity index (χ0n) is 7.29. The molecule has 0 fully saturated rings. The second-order valence-electron chi connectivity index (χ2n) is 2.72. The molecule has 66 valence electrons. The zero-order valence-corrected chi connectivity index (χ0v) is 8.18. The van der Waals surface area contributed by atoms with E-state index in [1.807, 2.05) is 24.3 Å². The summed E-state index contributed by atoms with van der Waals surface area (Å²) in [5, 5.41) is 0. The van der Waals surface area contributed by atoms with E-state index in [9.17, 15) is 0 Å². The number of rotatable bonds is 4. The molecule has 0 aromatic heterocycles. The van der Waals surface area contributed by atoms with Gasteiger partial charge in [-0.25, -0.2) is 0 Å². The van der Waals surface area contributed by atoms with Crippen molar-refractivity contribution in [1.29, 1.82) is 0 Å². The van der Waals surface area contributed by atoms with Gasteiger partial charge in [0, 0.05) is 11.5 Å². The first-order valence-electron chi connectivity index (χ1n) is 4.18. The number of hydrogen-bond donors (Lipinski definition) is 1. The standard InChI is InChI=1S/C10H14OS/c1-2-7-11-8-9-3-5-10(12)6-4-9/h3-6,12H,2,7-8H2,1H3. The minimum atomic E-state index is 0.710. The molecule has 1 rings (SSSR count). The fraction of sp³-hybridized carbons (Fsp3) is 0.400. The van der Waals surface area contributed by atoms with Gasteiger partial charge in [-0.15, -0.1) is 12.6 Å². The van der Waals surface area contributed by atoms with Gasteiger partial charge < -0.3 is 4.74 Å². The highest BCUT2D eigenvalue weighted by Gasteiger charge is 1.91. The van der Waals surface area contributed by atoms with Crippen molar-refractivity contribution in [3.63, 3.8) is 0 Å². The van der Waals surface area contributed by atoms with Crippen LogP contribution in [0.3, 0.4) is 0 Å². The maximum atomic E-state index is 5.38. The lowest BCUT2D eigenvalue weighted by molar-refractivity contribution is 0.121. The molecular weight excluding hydrogens is 168 g/mol. The van der Waals surface area contributed by atoms with Gasteiger partial charge in [0.15, 0.2) is 0 Å². The van der Waals surface area contributed by atoms with E-state index in [-0.39, 0.29) is 0 Å². The molecule has 0 atom stereocenters. The van der Waals surface area contributed by atoms with E-state index in [4.69, 9.17) is 4.74 Å². The Morgan fingerprint density at radius 3 is 2.50 bits per heavy atom. The van der Waals surface area contributed by atoms with Gasteiger partial charge in [0.25, 0.3) is 0 Å². The Balaban J connectivity index is 2.37. The fourth-order valence-corrected chi connectivity index (χ4v) is 1.08. The van der Waals surface area contributed by atoms with Gasteiger partial charge in [-0.1, -0.05) is 19.1 Å². The summed E-state index contributed by atoms with van der Waals surface area (Å²) in [4.78, 5) is 0.995. The first-order valence-corrected chi connectivity index (χ1v) is 4.63. The highest BCUT2D eigenvalue weighted by Crippen LogP contribution is 2.08. The van der Waals surface area contributed by atoms with Crippen molar-refractivity contribution in [2.45, 2.75) is 24.8 Å². The van der Waals surface area contributed by atoms with Crippen molar-refractivity contribution in [2.24, 2.45) is 0 Å². The lowest BCUT2D eigenvalue weighted by Gasteiger charge is -2.02. The molecule has 2 heteroatoms. The summed E-state index contributed by atoms with van der Waals surface area (Å²) in [6, 6.07) is 8.04. The van der Waals surface area contributed by atoms with Crippen LogP contribution < -0.4 is 0 Å². The van der Waals surface area contributed by atoms with Crippen LogP contribution in [0.2, 0.25) is 0 Å². The summed E-state index contributed by atoms with van der Waals surface area (Å²) < 4.78 is 5.38. The smallest absolute Gasteiger partial charge is 0.0716 e. The van der Waals surface area contributed by atoms with Gasteiger partial charge in [0.1, 0.15) is 0 Å². The van der Waals surface area contributed by atoms with Crippen LogP contribution >= 0.6 is 12.6 Å². The van der Waals surface area contributed by atoms with Crippen LogP contribution in [0, 0.1) is 0 Å². The van der Waals surface area contributed by atoms with Crippen molar-refractivity contribution < 1.29 is 4.74 Å². The van der Waals surface area contributed by atoms with Crippen LogP contribution in [0.4, 0.5) is 0 Å². The molecular formula is C10H14OS. The predicted molar refractivity (Wildman–Crippen MR) is 53.6 cm³/mol. The third-order valence-corrected chi connectivity index (χ3v) is 1.85. The summed E-state index contributed by atoms with van der Waals surface area (Å²) in [6.45, 7) is 3.65. The number of benzene rings is 1. The van der Waals surface area contributed by atoms with Crippen LogP contribution in [0.1, 0.15) is 18.9 Å². The van der Waals surface area contributed by atoms with E-state index in [2.05, 4.69) is 19.6 Å². The predicted octanol–water partition coefficient (Wildman–Crippen LogP) is 2.90. The summed E-state index contributed by atoms with van der Waals surface area (Å²) in [5.74, 6) is 0. The molecule has 0 spiro atoms. The SMILES string of the molecule is CCCOCc1ccc(S)cc1. The molecule has 0 aliphatic heterocycles. The van der Waals surface area contributed by atoms with Crippen molar-refractivity contribution >= 4 is 12.6 Å². The molecule has 0 aliphatic rings. The molecule has 0 unspecified atom stereocenters. The highest BCUT2D eigenvalue weighted by molar-refractivity contribution is 7.80. The molecule has 0 saturated heterocycles. The van der Waals surface area contributed by atoms with Gasteiger partial charge in [-0.2, -0.15) is 0 Å². The Labute approximate surface area is 79.2 Å². The lowest BCUT2D eigenvalue weighted by atomic mass is 10.2. The molecule has 12 heavy (non-hydrogen) atoms. The summed E-state index contributed by atoms with van der Waals surface area (Å²) in [7, 11) is 0. The Hall–Kier alpha value is -0.470. The van der Waals surface area contributed by atoms with Crippen LogP contribution in [-0.4, -0.2) is 6.61 Å². The molecule has 0 heterocycles. The Bertz CT molecular complexity index is 218. The van der Waals surface area contributed by atoms with E-state index in [1.165, 1.54) is 5.56 Å². The van der Waals surface area contributed by atoms with Crippen LogP contribution in [-0.2, 0) is 11.3 Å². The maximum absolute atomic E-state index is 5.38. The van der Waals surface area contributed by atoms with E-state index in [0.29, 0.717) is 6.61 Å². The third-order valence-electron chi connectivity index (χ3n) is 1.55. The summed E-state index contributed by atoms with van der Waals surface area (Å²) >= 11 is 4.20. The van der Waals surface area contributed by atoms with Gasteiger partial charge >= 0.3 is 0 Å². The van der Waals surface area contributed by atoms with Crippen molar-refractivity contribution in [1.82, 2.24) is 0 Å². The van der Waals surface area contributed by atoms with E-state index >= 15 is 0 Å². The monoisotopic (exact) mass is 182 g/mol. The topological polar surface area (TPSA) is 9.23 Å². The molecule has 1 aromatic carbocycles. The largest absolute Gasteiger partial charge is 0.377 e. The molecule has 0 bridgehead atoms. The first kappa shape index (κ1) is 9.62. The minimum absolute atomic E-state index is 0.710. The van der Waals surface area contributed by atoms with Crippen molar-refractivity contribution in [3.8, 4) is 0 Å². The molecule has 1 nitrogen and oxygen atoms in total. The normalized spacial score (nSPS) is 10.2. The second kappa shape index (κ2) is 5.22. The van der Waals surface area contributed by atoms with Crippen LogP contribution in [0.5, 0.6) is 0 Å². The van der Waals surface area contributed by atoms with Gasteiger partial charge in [0.05, 0.1) is 6.61 Å². The first-order chi connectivity index (χ1) is 5.83. The Kier molecular flexibility index (Phi) is 4.19. The van der Waals surface area contributed by atoms with E-state index < -0.39 is 0 Å². The zero-order chi connectivity index (χ0) is 8.81. The number of thiol groups is 1.